The van der Waals surface area contributed by atoms with Crippen molar-refractivity contribution in [2.45, 2.75) is 89.6 Å². The number of aliphatic hydroxyl groups excluding tert-OH is 1. The van der Waals surface area contributed by atoms with Crippen molar-refractivity contribution >= 4 is 41.5 Å². The Kier molecular flexibility index (Phi) is 17.4. The van der Waals surface area contributed by atoms with Crippen LogP contribution in [0.15, 0.2) is 54.6 Å². The molecule has 5 amide bonds. The number of carboxylic acids is 2. The number of benzene rings is 2. The molecule has 0 spiro atoms. The van der Waals surface area contributed by atoms with Crippen LogP contribution in [0, 0.1) is 11.8 Å². The minimum absolute atomic E-state index is 0.0589. The molecular weight excluding hydrogens is 692 g/mol. The Balaban J connectivity index is 2.35. The molecule has 0 aromatic heterocycles. The SMILES string of the molecule is CC[C@H](C)[C@H](NC(=O)[C@@H](N)CO)C(=O)N[C@H](C(=O)N[C@@H](Cc1ccccc1)C(=O)N[C@@H](CC(=O)O)C(=O)N[C@@H](Cc1ccc(O)cc1)C(=O)O)C(C)C. The van der Waals surface area contributed by atoms with Crippen molar-refractivity contribution in [1.82, 2.24) is 26.6 Å². The van der Waals surface area contributed by atoms with Gasteiger partial charge in [-0.25, -0.2) is 4.79 Å². The van der Waals surface area contributed by atoms with Crippen LogP contribution >= 0.6 is 0 Å². The van der Waals surface area contributed by atoms with Crippen LogP contribution in [0.25, 0.3) is 0 Å². The van der Waals surface area contributed by atoms with Gasteiger partial charge in [0.2, 0.25) is 29.5 Å². The van der Waals surface area contributed by atoms with Gasteiger partial charge in [0.05, 0.1) is 13.0 Å². The van der Waals surface area contributed by atoms with E-state index in [1.165, 1.54) is 24.3 Å². The molecule has 0 aliphatic heterocycles. The highest BCUT2D eigenvalue weighted by Gasteiger charge is 2.35. The first kappa shape index (κ1) is 43.6. The Morgan fingerprint density at radius 3 is 1.66 bits per heavy atom. The number of carbonyl (C=O) groups excluding carboxylic acids is 5. The molecule has 0 aliphatic carbocycles. The molecule has 290 valence electrons. The van der Waals surface area contributed by atoms with Gasteiger partial charge in [0.15, 0.2) is 0 Å². The topological polar surface area (TPSA) is 287 Å². The lowest BCUT2D eigenvalue weighted by atomic mass is 9.96. The lowest BCUT2D eigenvalue weighted by Gasteiger charge is -2.30. The summed E-state index contributed by atoms with van der Waals surface area (Å²) in [5.41, 5.74) is 6.64. The number of carbonyl (C=O) groups is 7. The zero-order valence-electron chi connectivity index (χ0n) is 30.1. The first-order valence-electron chi connectivity index (χ1n) is 17.1. The number of nitrogens with one attached hydrogen (secondary N) is 5. The fourth-order valence-electron chi connectivity index (χ4n) is 5.14. The Morgan fingerprint density at radius 1 is 0.642 bits per heavy atom. The van der Waals surface area contributed by atoms with Crippen molar-refractivity contribution in [3.8, 4) is 5.75 Å². The van der Waals surface area contributed by atoms with Gasteiger partial charge in [0, 0.05) is 12.8 Å². The van der Waals surface area contributed by atoms with Crippen LogP contribution in [-0.4, -0.2) is 105 Å². The summed E-state index contributed by atoms with van der Waals surface area (Å²) in [6.45, 7) is 6.12. The maximum absolute atomic E-state index is 13.8. The highest BCUT2D eigenvalue weighted by atomic mass is 16.4. The van der Waals surface area contributed by atoms with Gasteiger partial charge >= 0.3 is 11.9 Å². The van der Waals surface area contributed by atoms with Crippen molar-refractivity contribution in [3.63, 3.8) is 0 Å². The second kappa shape index (κ2) is 21.1. The third-order valence-corrected chi connectivity index (χ3v) is 8.49. The number of phenolic OH excluding ortho intramolecular Hbond substituents is 1. The van der Waals surface area contributed by atoms with E-state index in [0.717, 1.165) is 0 Å². The minimum atomic E-state index is -1.76. The van der Waals surface area contributed by atoms with Gasteiger partial charge < -0.3 is 52.7 Å². The van der Waals surface area contributed by atoms with Crippen LogP contribution in [0.1, 0.15) is 51.7 Å². The highest BCUT2D eigenvalue weighted by molar-refractivity contribution is 5.97. The maximum atomic E-state index is 13.8. The van der Waals surface area contributed by atoms with E-state index in [1.807, 2.05) is 0 Å². The molecule has 0 radical (unpaired) electrons. The maximum Gasteiger partial charge on any atom is 0.326 e. The predicted molar refractivity (Wildman–Crippen MR) is 191 cm³/mol. The molecule has 0 heterocycles. The normalized spacial score (nSPS) is 15.0. The molecular formula is C36H50N6O11. The summed E-state index contributed by atoms with van der Waals surface area (Å²) in [6, 6.07) is 5.67. The third kappa shape index (κ3) is 14.2. The van der Waals surface area contributed by atoms with Crippen molar-refractivity contribution in [3.05, 3.63) is 65.7 Å². The number of aromatic hydroxyl groups is 1. The molecule has 0 unspecified atom stereocenters. The summed E-state index contributed by atoms with van der Waals surface area (Å²) in [5.74, 6) is -8.28. The zero-order valence-corrected chi connectivity index (χ0v) is 30.1. The second-order valence-corrected chi connectivity index (χ2v) is 13.1. The monoisotopic (exact) mass is 742 g/mol. The van der Waals surface area contributed by atoms with Crippen molar-refractivity contribution in [1.29, 1.82) is 0 Å². The van der Waals surface area contributed by atoms with E-state index in [1.54, 1.807) is 58.0 Å². The summed E-state index contributed by atoms with van der Waals surface area (Å²) in [4.78, 5) is 90.5. The number of hydrogen-bond acceptors (Lipinski definition) is 10. The predicted octanol–water partition coefficient (Wildman–Crippen LogP) is -0.818. The summed E-state index contributed by atoms with van der Waals surface area (Å²) in [5, 5.41) is 50.5. The van der Waals surface area contributed by atoms with Crippen molar-refractivity contribution in [2.75, 3.05) is 6.61 Å². The van der Waals surface area contributed by atoms with E-state index >= 15 is 0 Å². The van der Waals surface area contributed by atoms with Gasteiger partial charge in [0.25, 0.3) is 0 Å². The standard InChI is InChI=1S/C36H50N6O11/c1-5-20(4)30(42-31(47)24(37)18-43)35(51)41-29(19(2)3)34(50)39-25(15-21-9-7-6-8-10-21)32(48)38-26(17-28(45)46)33(49)40-27(36(52)53)16-22-11-13-23(44)14-12-22/h6-14,19-20,24-27,29-30,43-44H,5,15-18,37H2,1-4H3,(H,38,48)(H,39,50)(H,40,49)(H,41,51)(H,42,47)(H,45,46)(H,52,53)/t20-,24-,25-,26-,27-,29-,30-/m0/s1. The molecule has 7 atom stereocenters. The average Bonchev–Trinajstić information content (AvgIpc) is 3.11. The molecule has 2 aromatic rings. The summed E-state index contributed by atoms with van der Waals surface area (Å²) in [7, 11) is 0. The number of carboxylic acid groups (broad SMARTS) is 2. The zero-order chi connectivity index (χ0) is 39.8. The van der Waals surface area contributed by atoms with Crippen LogP contribution < -0.4 is 32.3 Å². The Hall–Kier alpha value is -5.55. The number of aliphatic carboxylic acids is 2. The van der Waals surface area contributed by atoms with Gasteiger partial charge in [-0.2, -0.15) is 0 Å². The van der Waals surface area contributed by atoms with Crippen molar-refractivity contribution in [2.24, 2.45) is 17.6 Å². The van der Waals surface area contributed by atoms with E-state index in [9.17, 15) is 54.0 Å². The smallest absolute Gasteiger partial charge is 0.326 e. The van der Waals surface area contributed by atoms with Gasteiger partial charge in [-0.3, -0.25) is 28.8 Å². The minimum Gasteiger partial charge on any atom is -0.508 e. The fourth-order valence-corrected chi connectivity index (χ4v) is 5.14. The molecule has 17 heteroatoms. The van der Waals surface area contributed by atoms with Crippen LogP contribution in [0.2, 0.25) is 0 Å². The Bertz CT molecular complexity index is 1570. The number of hydrogen-bond donors (Lipinski definition) is 10. The summed E-state index contributed by atoms with van der Waals surface area (Å²) >= 11 is 0. The van der Waals surface area contributed by atoms with Gasteiger partial charge in [0.1, 0.15) is 42.0 Å². The largest absolute Gasteiger partial charge is 0.508 e. The average molecular weight is 743 g/mol. The Labute approximate surface area is 307 Å². The van der Waals surface area contributed by atoms with Gasteiger partial charge in [-0.1, -0.05) is 76.6 Å². The number of amides is 5. The quantitative estimate of drug-likeness (QED) is 0.0751. The molecule has 0 aliphatic rings. The fraction of sp³-hybridized carbons (Fsp3) is 0.472. The number of nitrogens with two attached hydrogens (primary N) is 1. The lowest BCUT2D eigenvalue weighted by Crippen LogP contribution is -2.61. The molecule has 0 fully saturated rings. The molecule has 0 saturated heterocycles. The third-order valence-electron chi connectivity index (χ3n) is 8.49. The molecule has 0 saturated carbocycles. The van der Waals surface area contributed by atoms with Gasteiger partial charge in [-0.15, -0.1) is 0 Å². The molecule has 2 aromatic carbocycles. The van der Waals surface area contributed by atoms with E-state index in [4.69, 9.17) is 5.73 Å². The molecule has 2 rings (SSSR count). The number of aliphatic hydroxyl groups is 1. The number of phenols is 1. The molecule has 17 nitrogen and oxygen atoms in total. The summed E-state index contributed by atoms with van der Waals surface area (Å²) in [6.07, 6.45) is -0.816. The van der Waals surface area contributed by atoms with Gasteiger partial charge in [-0.05, 0) is 35.1 Å². The molecule has 11 N–H and O–H groups in total. The van der Waals surface area contributed by atoms with E-state index in [-0.39, 0.29) is 18.6 Å². The molecule has 53 heavy (non-hydrogen) atoms. The van der Waals surface area contributed by atoms with E-state index < -0.39 is 103 Å². The first-order chi connectivity index (χ1) is 25.0. The first-order valence-corrected chi connectivity index (χ1v) is 17.1. The second-order valence-electron chi connectivity index (χ2n) is 13.1. The lowest BCUT2D eigenvalue weighted by molar-refractivity contribution is -0.143. The van der Waals surface area contributed by atoms with Crippen LogP contribution in [0.4, 0.5) is 0 Å². The van der Waals surface area contributed by atoms with Crippen LogP contribution in [-0.2, 0) is 46.4 Å². The van der Waals surface area contributed by atoms with Crippen LogP contribution in [0.5, 0.6) is 5.75 Å². The highest BCUT2D eigenvalue weighted by Crippen LogP contribution is 2.14. The summed E-state index contributed by atoms with van der Waals surface area (Å²) < 4.78 is 0. The Morgan fingerprint density at radius 2 is 1.13 bits per heavy atom. The van der Waals surface area contributed by atoms with E-state index in [0.29, 0.717) is 17.5 Å². The van der Waals surface area contributed by atoms with Crippen molar-refractivity contribution < 1.29 is 54.0 Å². The molecule has 0 bridgehead atoms. The van der Waals surface area contributed by atoms with E-state index in [2.05, 4.69) is 26.6 Å². The van der Waals surface area contributed by atoms with Crippen LogP contribution in [0.3, 0.4) is 0 Å². The number of rotatable bonds is 21.